The van der Waals surface area contributed by atoms with E-state index in [1.54, 1.807) is 6.92 Å². The lowest BCUT2D eigenvalue weighted by atomic mass is 10.0. The third-order valence-electron chi connectivity index (χ3n) is 3.81. The first kappa shape index (κ1) is 20.7. The molecule has 0 fully saturated rings. The van der Waals surface area contributed by atoms with Crippen molar-refractivity contribution in [2.75, 3.05) is 11.6 Å². The Morgan fingerprint density at radius 2 is 1.74 bits per heavy atom. The minimum Gasteiger partial charge on any atom is -0.377 e. The maximum Gasteiger partial charge on any atom is 0.416 e. The summed E-state index contributed by atoms with van der Waals surface area (Å²) < 4.78 is 61.3. The summed E-state index contributed by atoms with van der Waals surface area (Å²) in [5, 5.41) is 14.2. The Balaban J connectivity index is 2.23. The first-order valence-corrected chi connectivity index (χ1v) is 9.69. The topological polar surface area (TPSA) is 89.3 Å². The number of hydrogen-bond donors (Lipinski definition) is 1. The van der Waals surface area contributed by atoms with E-state index in [1.807, 2.05) is 0 Å². The summed E-state index contributed by atoms with van der Waals surface area (Å²) in [6.45, 7) is 1.69. The van der Waals surface area contributed by atoms with Gasteiger partial charge in [-0.1, -0.05) is 18.2 Å². The van der Waals surface area contributed by atoms with Gasteiger partial charge >= 0.3 is 11.9 Å². The second-order valence-electron chi connectivity index (χ2n) is 6.13. The van der Waals surface area contributed by atoms with E-state index in [2.05, 4.69) is 5.32 Å². The van der Waals surface area contributed by atoms with Crippen LogP contribution in [0.1, 0.15) is 18.1 Å². The van der Waals surface area contributed by atoms with E-state index in [9.17, 15) is 31.7 Å². The molecule has 0 aliphatic carbocycles. The van der Waals surface area contributed by atoms with Gasteiger partial charge in [0.2, 0.25) is 0 Å². The number of anilines is 1. The molecule has 1 atom stereocenters. The highest BCUT2D eigenvalue weighted by atomic mass is 32.2. The minimum absolute atomic E-state index is 0.0299. The van der Waals surface area contributed by atoms with E-state index >= 15 is 0 Å². The van der Waals surface area contributed by atoms with Crippen LogP contribution in [-0.4, -0.2) is 25.6 Å². The van der Waals surface area contributed by atoms with Crippen LogP contribution in [0.25, 0.3) is 0 Å². The van der Waals surface area contributed by atoms with Crippen molar-refractivity contribution in [1.29, 1.82) is 0 Å². The first-order valence-electron chi connectivity index (χ1n) is 7.79. The van der Waals surface area contributed by atoms with Gasteiger partial charge in [-0.25, -0.2) is 8.42 Å². The van der Waals surface area contributed by atoms with E-state index < -0.39 is 43.1 Å². The van der Waals surface area contributed by atoms with Gasteiger partial charge in [-0.05, 0) is 43.2 Å². The molecule has 0 aromatic heterocycles. The van der Waals surface area contributed by atoms with Crippen LogP contribution in [0.2, 0.25) is 0 Å². The molecule has 0 spiro atoms. The summed E-state index contributed by atoms with van der Waals surface area (Å²) in [5.41, 5.74) is -0.685. The van der Waals surface area contributed by atoms with Crippen molar-refractivity contribution >= 4 is 21.2 Å². The van der Waals surface area contributed by atoms with Crippen molar-refractivity contribution in [1.82, 2.24) is 0 Å². The Labute approximate surface area is 154 Å². The molecule has 0 amide bonds. The number of halogens is 3. The summed E-state index contributed by atoms with van der Waals surface area (Å²) in [6.07, 6.45) is -3.25. The number of nitro benzene ring substituents is 1. The van der Waals surface area contributed by atoms with Gasteiger partial charge in [-0.3, -0.25) is 10.1 Å². The molecular formula is C17H17F3N2O4S. The Bertz CT molecular complexity index is 942. The SMILES string of the molecule is CC(Cc1ccc(C(F)(F)F)cc1)Nc1cccc(S(C)(=O)=O)c1[N+](=O)[O-]. The number of alkyl halides is 3. The maximum atomic E-state index is 12.6. The average Bonchev–Trinajstić information content (AvgIpc) is 2.53. The predicted molar refractivity (Wildman–Crippen MR) is 94.4 cm³/mol. The van der Waals surface area contributed by atoms with Crippen molar-refractivity contribution in [2.24, 2.45) is 0 Å². The molecule has 0 bridgehead atoms. The zero-order chi connectivity index (χ0) is 20.4. The van der Waals surface area contributed by atoms with Gasteiger partial charge in [-0.2, -0.15) is 13.2 Å². The molecule has 27 heavy (non-hydrogen) atoms. The summed E-state index contributed by atoms with van der Waals surface area (Å²) in [5.74, 6) is 0. The maximum absolute atomic E-state index is 12.6. The van der Waals surface area contributed by atoms with Crippen LogP contribution in [0.3, 0.4) is 0 Å². The van der Waals surface area contributed by atoms with Crippen LogP contribution < -0.4 is 5.32 Å². The highest BCUT2D eigenvalue weighted by Crippen LogP contribution is 2.33. The van der Waals surface area contributed by atoms with Gasteiger partial charge < -0.3 is 5.32 Å². The van der Waals surface area contributed by atoms with Crippen LogP contribution in [0, 0.1) is 10.1 Å². The number of sulfone groups is 1. The molecule has 2 aromatic rings. The Hall–Kier alpha value is -2.62. The molecule has 0 radical (unpaired) electrons. The normalized spacial score (nSPS) is 13.2. The first-order chi connectivity index (χ1) is 12.4. The summed E-state index contributed by atoms with van der Waals surface area (Å²) in [4.78, 5) is 10.2. The second-order valence-corrected chi connectivity index (χ2v) is 8.11. The van der Waals surface area contributed by atoms with Crippen molar-refractivity contribution in [2.45, 2.75) is 30.5 Å². The minimum atomic E-state index is -4.42. The van der Waals surface area contributed by atoms with E-state index in [-0.39, 0.29) is 5.69 Å². The zero-order valence-electron chi connectivity index (χ0n) is 14.4. The summed E-state index contributed by atoms with van der Waals surface area (Å²) >= 11 is 0. The number of nitrogens with zero attached hydrogens (tertiary/aromatic N) is 1. The fraction of sp³-hybridized carbons (Fsp3) is 0.294. The molecule has 10 heteroatoms. The monoisotopic (exact) mass is 402 g/mol. The van der Waals surface area contributed by atoms with E-state index in [0.29, 0.717) is 12.0 Å². The molecule has 2 rings (SSSR count). The number of nitrogens with one attached hydrogen (secondary N) is 1. The molecule has 0 aliphatic rings. The second kappa shape index (κ2) is 7.55. The van der Waals surface area contributed by atoms with Gasteiger partial charge in [0.15, 0.2) is 9.84 Å². The number of para-hydroxylation sites is 1. The van der Waals surface area contributed by atoms with Crippen LogP contribution >= 0.6 is 0 Å². The standard InChI is InChI=1S/C17H17F3N2O4S/c1-11(10-12-6-8-13(9-7-12)17(18,19)20)21-14-4-3-5-15(27(2,25)26)16(14)22(23)24/h3-9,11,21H,10H2,1-2H3. The molecule has 0 saturated heterocycles. The van der Waals surface area contributed by atoms with Crippen molar-refractivity contribution in [3.05, 3.63) is 63.7 Å². The zero-order valence-corrected chi connectivity index (χ0v) is 15.3. The van der Waals surface area contributed by atoms with Gasteiger partial charge in [0.1, 0.15) is 10.6 Å². The summed E-state index contributed by atoms with van der Waals surface area (Å²) in [7, 11) is -3.80. The fourth-order valence-corrected chi connectivity index (χ4v) is 3.49. The smallest absolute Gasteiger partial charge is 0.377 e. The van der Waals surface area contributed by atoms with E-state index in [0.717, 1.165) is 24.5 Å². The number of benzene rings is 2. The molecule has 146 valence electrons. The van der Waals surface area contributed by atoms with Crippen molar-refractivity contribution in [3.63, 3.8) is 0 Å². The molecule has 6 nitrogen and oxygen atoms in total. The quantitative estimate of drug-likeness (QED) is 0.581. The lowest BCUT2D eigenvalue weighted by Crippen LogP contribution is -2.19. The molecule has 0 saturated carbocycles. The van der Waals surface area contributed by atoms with Crippen molar-refractivity contribution in [3.8, 4) is 0 Å². The Kier molecular flexibility index (Phi) is 5.79. The fourth-order valence-electron chi connectivity index (χ4n) is 2.63. The molecular weight excluding hydrogens is 385 g/mol. The Morgan fingerprint density at radius 1 is 1.15 bits per heavy atom. The summed E-state index contributed by atoms with van der Waals surface area (Å²) in [6, 6.07) is 8.13. The highest BCUT2D eigenvalue weighted by molar-refractivity contribution is 7.90. The van der Waals surface area contributed by atoms with Gasteiger partial charge in [0, 0.05) is 12.3 Å². The molecule has 0 heterocycles. The van der Waals surface area contributed by atoms with E-state index in [1.165, 1.54) is 24.3 Å². The molecule has 0 aliphatic heterocycles. The average molecular weight is 402 g/mol. The lowest BCUT2D eigenvalue weighted by molar-refractivity contribution is -0.386. The highest BCUT2D eigenvalue weighted by Gasteiger charge is 2.30. The molecule has 2 aromatic carbocycles. The lowest BCUT2D eigenvalue weighted by Gasteiger charge is -2.17. The third kappa shape index (κ3) is 5.19. The third-order valence-corrected chi connectivity index (χ3v) is 4.93. The number of hydrogen-bond acceptors (Lipinski definition) is 5. The Morgan fingerprint density at radius 3 is 2.22 bits per heavy atom. The van der Waals surface area contributed by atoms with Crippen LogP contribution in [0.15, 0.2) is 47.4 Å². The van der Waals surface area contributed by atoms with Crippen LogP contribution in [-0.2, 0) is 22.4 Å². The van der Waals surface area contributed by atoms with E-state index in [4.69, 9.17) is 0 Å². The number of rotatable bonds is 6. The van der Waals surface area contributed by atoms with Crippen LogP contribution in [0.4, 0.5) is 24.5 Å². The molecule has 1 unspecified atom stereocenters. The molecule has 1 N–H and O–H groups in total. The number of nitro groups is 1. The van der Waals surface area contributed by atoms with Gasteiger partial charge in [-0.15, -0.1) is 0 Å². The predicted octanol–water partition coefficient (Wildman–Crippen LogP) is 4.06. The largest absolute Gasteiger partial charge is 0.416 e. The van der Waals surface area contributed by atoms with Gasteiger partial charge in [0.25, 0.3) is 0 Å². The van der Waals surface area contributed by atoms with Gasteiger partial charge in [0.05, 0.1) is 10.5 Å². The van der Waals surface area contributed by atoms with Crippen LogP contribution in [0.5, 0.6) is 0 Å². The van der Waals surface area contributed by atoms with Crippen molar-refractivity contribution < 1.29 is 26.5 Å².